The Labute approximate surface area is 132 Å². The summed E-state index contributed by atoms with van der Waals surface area (Å²) in [7, 11) is 0. The van der Waals surface area contributed by atoms with E-state index in [2.05, 4.69) is 10.3 Å². The summed E-state index contributed by atoms with van der Waals surface area (Å²) in [5.74, 6) is 1.97. The van der Waals surface area contributed by atoms with E-state index < -0.39 is 0 Å². The van der Waals surface area contributed by atoms with E-state index in [9.17, 15) is 4.79 Å². The molecule has 3 aromatic heterocycles. The minimum Gasteiger partial charge on any atom is -0.466 e. The van der Waals surface area contributed by atoms with Crippen LogP contribution in [0.1, 0.15) is 32.4 Å². The van der Waals surface area contributed by atoms with Crippen molar-refractivity contribution in [2.75, 3.05) is 0 Å². The molecule has 0 bridgehead atoms. The minimum atomic E-state index is -0.137. The normalized spacial score (nSPS) is 10.9. The fourth-order valence-electron chi connectivity index (χ4n) is 2.21. The van der Waals surface area contributed by atoms with Gasteiger partial charge in [0.25, 0.3) is 5.91 Å². The zero-order chi connectivity index (χ0) is 15.7. The number of aryl methyl sites for hydroxylation is 3. The van der Waals surface area contributed by atoms with Gasteiger partial charge in [-0.1, -0.05) is 0 Å². The topological polar surface area (TPSA) is 68.3 Å². The first kappa shape index (κ1) is 14.6. The maximum atomic E-state index is 12.2. The lowest BCUT2D eigenvalue weighted by atomic mass is 10.2. The highest BCUT2D eigenvalue weighted by atomic mass is 32.1. The van der Waals surface area contributed by atoms with Crippen LogP contribution in [-0.2, 0) is 6.54 Å². The first-order valence-electron chi connectivity index (χ1n) is 6.90. The van der Waals surface area contributed by atoms with Crippen molar-refractivity contribution < 1.29 is 13.6 Å². The summed E-state index contributed by atoms with van der Waals surface area (Å²) in [6.07, 6.45) is 1.62. The molecule has 3 aromatic rings. The van der Waals surface area contributed by atoms with E-state index in [0.717, 1.165) is 27.1 Å². The molecule has 0 aliphatic carbocycles. The van der Waals surface area contributed by atoms with Crippen molar-refractivity contribution >= 4 is 17.2 Å². The van der Waals surface area contributed by atoms with E-state index in [1.807, 2.05) is 26.0 Å². The van der Waals surface area contributed by atoms with Crippen molar-refractivity contribution in [2.24, 2.45) is 0 Å². The molecule has 6 heteroatoms. The number of carbonyl (C=O) groups excluding carboxylic acids is 1. The number of nitrogens with zero attached hydrogens (tertiary/aromatic N) is 1. The molecule has 0 saturated carbocycles. The van der Waals surface area contributed by atoms with Gasteiger partial charge in [-0.2, -0.15) is 0 Å². The van der Waals surface area contributed by atoms with E-state index in [-0.39, 0.29) is 5.91 Å². The summed E-state index contributed by atoms with van der Waals surface area (Å²) in [6.45, 7) is 5.98. The fraction of sp³-hybridized carbons (Fsp3) is 0.250. The van der Waals surface area contributed by atoms with Crippen LogP contribution in [0.15, 0.2) is 33.3 Å². The van der Waals surface area contributed by atoms with E-state index in [1.54, 1.807) is 19.3 Å². The van der Waals surface area contributed by atoms with Crippen LogP contribution in [0, 0.1) is 20.8 Å². The number of thiazole rings is 1. The molecule has 22 heavy (non-hydrogen) atoms. The maximum Gasteiger partial charge on any atom is 0.255 e. The molecule has 0 saturated heterocycles. The number of amides is 1. The largest absolute Gasteiger partial charge is 0.466 e. The van der Waals surface area contributed by atoms with Gasteiger partial charge in [-0.25, -0.2) is 4.98 Å². The fourth-order valence-corrected chi connectivity index (χ4v) is 3.18. The molecule has 1 amide bonds. The second-order valence-electron chi connectivity index (χ2n) is 5.01. The highest BCUT2D eigenvalue weighted by Gasteiger charge is 2.15. The predicted octanol–water partition coefficient (Wildman–Crippen LogP) is 3.85. The Hall–Kier alpha value is -2.34. The molecule has 0 unspecified atom stereocenters. The lowest BCUT2D eigenvalue weighted by Gasteiger charge is -2.02. The second kappa shape index (κ2) is 5.81. The Bertz CT molecular complexity index is 800. The number of aromatic nitrogens is 1. The average molecular weight is 316 g/mol. The van der Waals surface area contributed by atoms with Crippen LogP contribution in [-0.4, -0.2) is 10.9 Å². The summed E-state index contributed by atoms with van der Waals surface area (Å²) in [6, 6.07) is 5.45. The van der Waals surface area contributed by atoms with Gasteiger partial charge in [-0.3, -0.25) is 4.79 Å². The number of nitrogens with one attached hydrogen (secondary N) is 1. The first-order valence-corrected chi connectivity index (χ1v) is 7.71. The lowest BCUT2D eigenvalue weighted by molar-refractivity contribution is 0.0949. The highest BCUT2D eigenvalue weighted by Crippen LogP contribution is 2.28. The molecule has 3 heterocycles. The SMILES string of the molecule is Cc1cc(C(=O)NCc2sc(-c3ccco3)nc2C)c(C)o1. The van der Waals surface area contributed by atoms with Crippen LogP contribution in [0.5, 0.6) is 0 Å². The van der Waals surface area contributed by atoms with Gasteiger partial charge < -0.3 is 14.2 Å². The van der Waals surface area contributed by atoms with Crippen molar-refractivity contribution in [3.63, 3.8) is 0 Å². The van der Waals surface area contributed by atoms with Gasteiger partial charge >= 0.3 is 0 Å². The summed E-state index contributed by atoms with van der Waals surface area (Å²) in [5.41, 5.74) is 1.47. The zero-order valence-electron chi connectivity index (χ0n) is 12.6. The van der Waals surface area contributed by atoms with Gasteiger partial charge in [0.05, 0.1) is 24.1 Å². The molecule has 3 rings (SSSR count). The van der Waals surface area contributed by atoms with Gasteiger partial charge in [-0.05, 0) is 39.0 Å². The Morgan fingerprint density at radius 1 is 1.36 bits per heavy atom. The monoisotopic (exact) mass is 316 g/mol. The van der Waals surface area contributed by atoms with Crippen LogP contribution in [0.25, 0.3) is 10.8 Å². The van der Waals surface area contributed by atoms with Crippen LogP contribution < -0.4 is 5.32 Å². The molecular formula is C16H16N2O3S. The molecule has 0 radical (unpaired) electrons. The molecule has 0 spiro atoms. The van der Waals surface area contributed by atoms with Gasteiger partial charge in [0.2, 0.25) is 0 Å². The molecule has 0 fully saturated rings. The summed E-state index contributed by atoms with van der Waals surface area (Å²) >= 11 is 1.52. The molecule has 0 aliphatic rings. The highest BCUT2D eigenvalue weighted by molar-refractivity contribution is 7.15. The summed E-state index contributed by atoms with van der Waals surface area (Å²) in [4.78, 5) is 17.7. The third-order valence-corrected chi connectivity index (χ3v) is 4.49. The Kier molecular flexibility index (Phi) is 3.85. The van der Waals surface area contributed by atoms with Gasteiger partial charge in [-0.15, -0.1) is 11.3 Å². The lowest BCUT2D eigenvalue weighted by Crippen LogP contribution is -2.22. The molecule has 0 aromatic carbocycles. The van der Waals surface area contributed by atoms with Crippen LogP contribution in [0.3, 0.4) is 0 Å². The number of rotatable bonds is 4. The Morgan fingerprint density at radius 3 is 2.82 bits per heavy atom. The second-order valence-corrected chi connectivity index (χ2v) is 6.10. The first-order chi connectivity index (χ1) is 10.5. The Balaban J connectivity index is 1.72. The standard InChI is InChI=1S/C16H16N2O3S/c1-9-7-12(11(3)21-9)15(19)17-8-14-10(2)18-16(22-14)13-5-4-6-20-13/h4-7H,8H2,1-3H3,(H,17,19). The summed E-state index contributed by atoms with van der Waals surface area (Å²) in [5, 5.41) is 3.73. The third kappa shape index (κ3) is 2.82. The van der Waals surface area contributed by atoms with Crippen LogP contribution in [0.4, 0.5) is 0 Å². The smallest absolute Gasteiger partial charge is 0.255 e. The van der Waals surface area contributed by atoms with Crippen LogP contribution >= 0.6 is 11.3 Å². The quantitative estimate of drug-likeness (QED) is 0.794. The molecule has 0 atom stereocenters. The molecule has 114 valence electrons. The predicted molar refractivity (Wildman–Crippen MR) is 83.9 cm³/mol. The number of carbonyl (C=O) groups is 1. The molecule has 1 N–H and O–H groups in total. The minimum absolute atomic E-state index is 0.137. The van der Waals surface area contributed by atoms with Gasteiger partial charge in [0.15, 0.2) is 10.8 Å². The third-order valence-electron chi connectivity index (χ3n) is 3.32. The van der Waals surface area contributed by atoms with Crippen molar-refractivity contribution in [1.29, 1.82) is 0 Å². The van der Waals surface area contributed by atoms with Crippen LogP contribution in [0.2, 0.25) is 0 Å². The number of hydrogen-bond donors (Lipinski definition) is 1. The molecule has 0 aliphatic heterocycles. The number of furan rings is 2. The van der Waals surface area contributed by atoms with Crippen molar-refractivity contribution in [3.8, 4) is 10.8 Å². The van der Waals surface area contributed by atoms with Gasteiger partial charge in [0, 0.05) is 4.88 Å². The van der Waals surface area contributed by atoms with E-state index in [1.165, 1.54) is 11.3 Å². The number of hydrogen-bond acceptors (Lipinski definition) is 5. The molecular weight excluding hydrogens is 300 g/mol. The van der Waals surface area contributed by atoms with Gasteiger partial charge in [0.1, 0.15) is 11.5 Å². The van der Waals surface area contributed by atoms with E-state index >= 15 is 0 Å². The average Bonchev–Trinajstić information content (AvgIpc) is 3.17. The van der Waals surface area contributed by atoms with Crippen molar-refractivity contribution in [3.05, 3.63) is 52.1 Å². The molecule has 5 nitrogen and oxygen atoms in total. The van der Waals surface area contributed by atoms with E-state index in [4.69, 9.17) is 8.83 Å². The summed E-state index contributed by atoms with van der Waals surface area (Å²) < 4.78 is 10.7. The van der Waals surface area contributed by atoms with Crippen molar-refractivity contribution in [2.45, 2.75) is 27.3 Å². The zero-order valence-corrected chi connectivity index (χ0v) is 13.4. The van der Waals surface area contributed by atoms with E-state index in [0.29, 0.717) is 17.9 Å². The Morgan fingerprint density at radius 2 is 2.18 bits per heavy atom. The maximum absolute atomic E-state index is 12.2. The van der Waals surface area contributed by atoms with Crippen molar-refractivity contribution in [1.82, 2.24) is 10.3 Å².